The van der Waals surface area contributed by atoms with Crippen LogP contribution in [0.3, 0.4) is 0 Å². The average molecular weight is 338 g/mol. The predicted molar refractivity (Wildman–Crippen MR) is 87.0 cm³/mol. The minimum Gasteiger partial charge on any atom is -0.339 e. The van der Waals surface area contributed by atoms with E-state index in [2.05, 4.69) is 29.8 Å². The van der Waals surface area contributed by atoms with E-state index in [-0.39, 0.29) is 5.91 Å². The first kappa shape index (κ1) is 15.6. The van der Waals surface area contributed by atoms with E-state index in [1.165, 1.54) is 12.8 Å². The van der Waals surface area contributed by atoms with Gasteiger partial charge in [-0.2, -0.15) is 0 Å². The van der Waals surface area contributed by atoms with Gasteiger partial charge in [-0.3, -0.25) is 4.79 Å². The molecule has 110 valence electrons. The molecular weight excluding hydrogens is 314 g/mol. The zero-order chi connectivity index (χ0) is 14.8. The van der Waals surface area contributed by atoms with Crippen molar-refractivity contribution in [2.75, 3.05) is 13.1 Å². The highest BCUT2D eigenvalue weighted by atomic mass is 79.9. The number of carbonyl (C=O) groups is 1. The van der Waals surface area contributed by atoms with Crippen molar-refractivity contribution >= 4 is 21.8 Å². The highest BCUT2D eigenvalue weighted by Crippen LogP contribution is 2.38. The lowest BCUT2D eigenvalue weighted by Gasteiger charge is -2.41. The maximum atomic E-state index is 12.7. The summed E-state index contributed by atoms with van der Waals surface area (Å²) >= 11 is 3.51. The first-order valence-electron chi connectivity index (χ1n) is 7.57. The fraction of sp³-hybridized carbons (Fsp3) is 0.588. The van der Waals surface area contributed by atoms with Crippen LogP contribution in [0.2, 0.25) is 0 Å². The lowest BCUT2D eigenvalue weighted by Crippen LogP contribution is -2.43. The summed E-state index contributed by atoms with van der Waals surface area (Å²) in [6, 6.07) is 5.86. The number of likely N-dealkylation sites (tertiary alicyclic amines) is 1. The minimum absolute atomic E-state index is 0.185. The molecule has 0 spiro atoms. The predicted octanol–water partition coefficient (Wildman–Crippen LogP) is 4.80. The Balaban J connectivity index is 2.11. The van der Waals surface area contributed by atoms with Crippen LogP contribution in [0, 0.1) is 12.3 Å². The summed E-state index contributed by atoms with van der Waals surface area (Å²) in [7, 11) is 0. The fourth-order valence-corrected chi connectivity index (χ4v) is 3.52. The Bertz CT molecular complexity index is 484. The van der Waals surface area contributed by atoms with E-state index in [0.717, 1.165) is 41.5 Å². The van der Waals surface area contributed by atoms with E-state index < -0.39 is 0 Å². The van der Waals surface area contributed by atoms with Crippen molar-refractivity contribution < 1.29 is 4.79 Å². The van der Waals surface area contributed by atoms with Gasteiger partial charge in [0.15, 0.2) is 0 Å². The van der Waals surface area contributed by atoms with Crippen LogP contribution in [-0.2, 0) is 0 Å². The number of hydrogen-bond acceptors (Lipinski definition) is 1. The number of hydrogen-bond donors (Lipinski definition) is 0. The minimum atomic E-state index is 0.185. The van der Waals surface area contributed by atoms with Crippen LogP contribution in [0.4, 0.5) is 0 Å². The van der Waals surface area contributed by atoms with Crippen LogP contribution in [0.15, 0.2) is 22.7 Å². The summed E-state index contributed by atoms with van der Waals surface area (Å²) in [5, 5.41) is 0. The van der Waals surface area contributed by atoms with E-state index >= 15 is 0 Å². The van der Waals surface area contributed by atoms with Gasteiger partial charge in [0, 0.05) is 23.1 Å². The Kier molecular flexibility index (Phi) is 4.90. The number of rotatable bonds is 3. The Morgan fingerprint density at radius 1 is 1.25 bits per heavy atom. The Hall–Kier alpha value is -0.830. The maximum Gasteiger partial charge on any atom is 0.254 e. The summed E-state index contributed by atoms with van der Waals surface area (Å²) in [6.07, 6.45) is 4.72. The molecule has 1 aliphatic heterocycles. The normalized spacial score (nSPS) is 18.1. The van der Waals surface area contributed by atoms with Crippen LogP contribution in [-0.4, -0.2) is 23.9 Å². The van der Waals surface area contributed by atoms with Gasteiger partial charge in [-0.25, -0.2) is 0 Å². The number of carbonyl (C=O) groups excluding carboxylic acids is 1. The molecule has 0 bridgehead atoms. The van der Waals surface area contributed by atoms with Gasteiger partial charge >= 0.3 is 0 Å². The van der Waals surface area contributed by atoms with Crippen molar-refractivity contribution in [1.29, 1.82) is 0 Å². The molecular formula is C17H24BrNO. The monoisotopic (exact) mass is 337 g/mol. The largest absolute Gasteiger partial charge is 0.339 e. The van der Waals surface area contributed by atoms with Crippen LogP contribution < -0.4 is 0 Å². The summed E-state index contributed by atoms with van der Waals surface area (Å²) in [5.41, 5.74) is 2.34. The quantitative estimate of drug-likeness (QED) is 0.775. The van der Waals surface area contributed by atoms with Crippen LogP contribution in [0.25, 0.3) is 0 Å². The summed E-state index contributed by atoms with van der Waals surface area (Å²) in [6.45, 7) is 8.35. The smallest absolute Gasteiger partial charge is 0.254 e. The summed E-state index contributed by atoms with van der Waals surface area (Å²) < 4.78 is 1.01. The van der Waals surface area contributed by atoms with Crippen molar-refractivity contribution in [2.45, 2.75) is 46.5 Å². The molecule has 1 aromatic carbocycles. The topological polar surface area (TPSA) is 20.3 Å². The van der Waals surface area contributed by atoms with Crippen LogP contribution >= 0.6 is 15.9 Å². The lowest BCUT2D eigenvalue weighted by molar-refractivity contribution is 0.0557. The second kappa shape index (κ2) is 6.30. The lowest BCUT2D eigenvalue weighted by atomic mass is 9.74. The number of benzene rings is 1. The second-order valence-corrected chi connectivity index (χ2v) is 6.77. The first-order chi connectivity index (χ1) is 9.53. The van der Waals surface area contributed by atoms with Gasteiger partial charge < -0.3 is 4.90 Å². The van der Waals surface area contributed by atoms with Crippen molar-refractivity contribution in [3.05, 3.63) is 33.8 Å². The van der Waals surface area contributed by atoms with Gasteiger partial charge in [0.25, 0.3) is 5.91 Å². The molecule has 0 aliphatic carbocycles. The van der Waals surface area contributed by atoms with E-state index in [4.69, 9.17) is 0 Å². The molecule has 3 heteroatoms. The number of nitrogens with zero attached hydrogens (tertiary/aromatic N) is 1. The van der Waals surface area contributed by atoms with Gasteiger partial charge in [0.2, 0.25) is 0 Å². The zero-order valence-corrected chi connectivity index (χ0v) is 14.3. The van der Waals surface area contributed by atoms with Gasteiger partial charge in [-0.05, 0) is 42.9 Å². The summed E-state index contributed by atoms with van der Waals surface area (Å²) in [4.78, 5) is 14.7. The molecule has 2 nitrogen and oxygen atoms in total. The molecule has 1 fully saturated rings. The second-order valence-electron chi connectivity index (χ2n) is 5.91. The number of amides is 1. The van der Waals surface area contributed by atoms with Crippen LogP contribution in [0.1, 0.15) is 55.5 Å². The molecule has 0 N–H and O–H groups in total. The van der Waals surface area contributed by atoms with E-state index in [1.807, 2.05) is 30.0 Å². The Morgan fingerprint density at radius 3 is 2.40 bits per heavy atom. The van der Waals surface area contributed by atoms with E-state index in [9.17, 15) is 4.79 Å². The number of piperidine rings is 1. The third-order valence-corrected chi connectivity index (χ3v) is 5.97. The Morgan fingerprint density at radius 2 is 1.85 bits per heavy atom. The average Bonchev–Trinajstić information content (AvgIpc) is 2.49. The SMILES string of the molecule is CCC1(CC)CCN(C(=O)c2cccc(Br)c2C)CC1. The molecule has 0 atom stereocenters. The molecule has 0 radical (unpaired) electrons. The van der Waals surface area contributed by atoms with E-state index in [1.54, 1.807) is 0 Å². The molecule has 1 aliphatic rings. The molecule has 1 heterocycles. The van der Waals surface area contributed by atoms with Crippen molar-refractivity contribution in [2.24, 2.45) is 5.41 Å². The number of halogens is 1. The molecule has 2 rings (SSSR count). The molecule has 0 unspecified atom stereocenters. The molecule has 20 heavy (non-hydrogen) atoms. The van der Waals surface area contributed by atoms with E-state index in [0.29, 0.717) is 5.41 Å². The summed E-state index contributed by atoms with van der Waals surface area (Å²) in [5.74, 6) is 0.185. The maximum absolute atomic E-state index is 12.7. The van der Waals surface area contributed by atoms with Crippen molar-refractivity contribution in [3.63, 3.8) is 0 Å². The van der Waals surface area contributed by atoms with Crippen molar-refractivity contribution in [1.82, 2.24) is 4.90 Å². The highest BCUT2D eigenvalue weighted by Gasteiger charge is 2.33. The molecule has 1 amide bonds. The van der Waals surface area contributed by atoms with Crippen LogP contribution in [0.5, 0.6) is 0 Å². The highest BCUT2D eigenvalue weighted by molar-refractivity contribution is 9.10. The Labute approximate surface area is 130 Å². The van der Waals surface area contributed by atoms with Gasteiger partial charge in [0.1, 0.15) is 0 Å². The van der Waals surface area contributed by atoms with Crippen molar-refractivity contribution in [3.8, 4) is 0 Å². The third kappa shape index (κ3) is 2.93. The standard InChI is InChI=1S/C17H24BrNO/c1-4-17(5-2)9-11-19(12-10-17)16(20)14-7-6-8-15(18)13(14)3/h6-8H,4-5,9-12H2,1-3H3. The molecule has 1 aromatic rings. The molecule has 1 saturated heterocycles. The first-order valence-corrected chi connectivity index (χ1v) is 8.36. The fourth-order valence-electron chi connectivity index (χ4n) is 3.15. The van der Waals surface area contributed by atoms with Gasteiger partial charge in [0.05, 0.1) is 0 Å². The zero-order valence-electron chi connectivity index (χ0n) is 12.7. The molecule has 0 saturated carbocycles. The molecule has 0 aromatic heterocycles. The van der Waals surface area contributed by atoms with Gasteiger partial charge in [-0.1, -0.05) is 48.7 Å². The third-order valence-electron chi connectivity index (χ3n) is 5.11. The van der Waals surface area contributed by atoms with Gasteiger partial charge in [-0.15, -0.1) is 0 Å².